The van der Waals surface area contributed by atoms with Crippen molar-refractivity contribution < 1.29 is 4.74 Å². The molecule has 3 nitrogen and oxygen atoms in total. The number of para-hydroxylation sites is 1. The Morgan fingerprint density at radius 1 is 1.21 bits per heavy atom. The number of piperidine rings is 1. The molecule has 19 heavy (non-hydrogen) atoms. The van der Waals surface area contributed by atoms with Crippen molar-refractivity contribution in [3.63, 3.8) is 0 Å². The number of hydrogen-bond acceptors (Lipinski definition) is 3. The first-order chi connectivity index (χ1) is 9.31. The first-order valence-electron chi connectivity index (χ1n) is 7.38. The average Bonchev–Trinajstić information content (AvgIpc) is 2.48. The van der Waals surface area contributed by atoms with E-state index >= 15 is 0 Å². The molecule has 1 unspecified atom stereocenters. The van der Waals surface area contributed by atoms with Crippen LogP contribution in [-0.4, -0.2) is 37.7 Å². The highest BCUT2D eigenvalue weighted by atomic mass is 16.5. The molecule has 0 aromatic heterocycles. The summed E-state index contributed by atoms with van der Waals surface area (Å²) in [5.74, 6) is 0.973. The highest BCUT2D eigenvalue weighted by molar-refractivity contribution is 5.32. The monoisotopic (exact) mass is 262 g/mol. The second kappa shape index (κ2) is 7.51. The van der Waals surface area contributed by atoms with Gasteiger partial charge in [-0.05, 0) is 38.9 Å². The van der Waals surface area contributed by atoms with E-state index in [0.29, 0.717) is 6.04 Å². The standard InChI is InChI=1S/C16H26N2O/c1-14(18-10-6-3-7-11-18)12-17-13-15-8-4-5-9-16(15)19-2/h4-5,8-9,14,17H,3,6-7,10-13H2,1-2H3. The normalized spacial score (nSPS) is 18.2. The fraction of sp³-hybridized carbons (Fsp3) is 0.625. The van der Waals surface area contributed by atoms with E-state index in [-0.39, 0.29) is 0 Å². The Bertz CT molecular complexity index is 375. The Morgan fingerprint density at radius 3 is 2.68 bits per heavy atom. The van der Waals surface area contributed by atoms with Gasteiger partial charge in [0.05, 0.1) is 7.11 Å². The van der Waals surface area contributed by atoms with Gasteiger partial charge in [0, 0.05) is 24.7 Å². The predicted octanol–water partition coefficient (Wildman–Crippen LogP) is 2.66. The molecule has 2 rings (SSSR count). The molecule has 0 saturated carbocycles. The third kappa shape index (κ3) is 4.22. The van der Waals surface area contributed by atoms with Gasteiger partial charge in [0.2, 0.25) is 0 Å². The summed E-state index contributed by atoms with van der Waals surface area (Å²) in [7, 11) is 1.73. The van der Waals surface area contributed by atoms with Crippen LogP contribution in [0.2, 0.25) is 0 Å². The van der Waals surface area contributed by atoms with Gasteiger partial charge in [-0.25, -0.2) is 0 Å². The fourth-order valence-corrected chi connectivity index (χ4v) is 2.75. The molecule has 1 aromatic rings. The number of benzene rings is 1. The van der Waals surface area contributed by atoms with E-state index in [0.717, 1.165) is 18.8 Å². The van der Waals surface area contributed by atoms with Gasteiger partial charge in [-0.2, -0.15) is 0 Å². The molecule has 106 valence electrons. The van der Waals surface area contributed by atoms with Crippen LogP contribution in [0.1, 0.15) is 31.7 Å². The number of rotatable bonds is 6. The summed E-state index contributed by atoms with van der Waals surface area (Å²) in [6.45, 7) is 6.76. The quantitative estimate of drug-likeness (QED) is 0.853. The topological polar surface area (TPSA) is 24.5 Å². The Balaban J connectivity index is 1.76. The van der Waals surface area contributed by atoms with Crippen molar-refractivity contribution in [2.24, 2.45) is 0 Å². The van der Waals surface area contributed by atoms with E-state index in [4.69, 9.17) is 4.74 Å². The number of nitrogens with one attached hydrogen (secondary N) is 1. The summed E-state index contributed by atoms with van der Waals surface area (Å²) >= 11 is 0. The van der Waals surface area contributed by atoms with Gasteiger partial charge in [0.15, 0.2) is 0 Å². The smallest absolute Gasteiger partial charge is 0.123 e. The Kier molecular flexibility index (Phi) is 5.67. The number of nitrogens with zero attached hydrogens (tertiary/aromatic N) is 1. The zero-order valence-electron chi connectivity index (χ0n) is 12.2. The molecule has 1 fully saturated rings. The molecule has 0 amide bonds. The molecule has 0 bridgehead atoms. The molecule has 3 heteroatoms. The molecule has 1 atom stereocenters. The highest BCUT2D eigenvalue weighted by Crippen LogP contribution is 2.17. The number of likely N-dealkylation sites (tertiary alicyclic amines) is 1. The number of methoxy groups -OCH3 is 1. The van der Waals surface area contributed by atoms with Crippen LogP contribution in [0.25, 0.3) is 0 Å². The first-order valence-corrected chi connectivity index (χ1v) is 7.38. The van der Waals surface area contributed by atoms with Gasteiger partial charge in [-0.3, -0.25) is 4.90 Å². The maximum Gasteiger partial charge on any atom is 0.123 e. The second-order valence-electron chi connectivity index (χ2n) is 5.39. The molecular formula is C16H26N2O. The minimum Gasteiger partial charge on any atom is -0.496 e. The van der Waals surface area contributed by atoms with Crippen LogP contribution in [-0.2, 0) is 6.54 Å². The van der Waals surface area contributed by atoms with Crippen molar-refractivity contribution in [3.05, 3.63) is 29.8 Å². The molecule has 1 heterocycles. The Labute approximate surface area is 116 Å². The van der Waals surface area contributed by atoms with Gasteiger partial charge >= 0.3 is 0 Å². The fourth-order valence-electron chi connectivity index (χ4n) is 2.75. The number of hydrogen-bond donors (Lipinski definition) is 1. The van der Waals surface area contributed by atoms with Gasteiger partial charge in [-0.15, -0.1) is 0 Å². The van der Waals surface area contributed by atoms with E-state index in [2.05, 4.69) is 29.3 Å². The molecule has 1 N–H and O–H groups in total. The lowest BCUT2D eigenvalue weighted by Gasteiger charge is -2.32. The molecule has 0 spiro atoms. The van der Waals surface area contributed by atoms with Gasteiger partial charge in [-0.1, -0.05) is 24.6 Å². The van der Waals surface area contributed by atoms with E-state index in [1.54, 1.807) is 7.11 Å². The molecule has 1 aromatic carbocycles. The molecular weight excluding hydrogens is 236 g/mol. The minimum absolute atomic E-state index is 0.620. The van der Waals surface area contributed by atoms with Gasteiger partial charge in [0.1, 0.15) is 5.75 Å². The summed E-state index contributed by atoms with van der Waals surface area (Å²) in [4.78, 5) is 2.60. The summed E-state index contributed by atoms with van der Waals surface area (Å²) < 4.78 is 5.37. The lowest BCUT2D eigenvalue weighted by molar-refractivity contribution is 0.170. The predicted molar refractivity (Wildman–Crippen MR) is 79.6 cm³/mol. The Hall–Kier alpha value is -1.06. The van der Waals surface area contributed by atoms with Crippen LogP contribution < -0.4 is 10.1 Å². The zero-order valence-corrected chi connectivity index (χ0v) is 12.2. The van der Waals surface area contributed by atoms with E-state index in [1.807, 2.05) is 12.1 Å². The number of ether oxygens (including phenoxy) is 1. The Morgan fingerprint density at radius 2 is 1.95 bits per heavy atom. The summed E-state index contributed by atoms with van der Waals surface area (Å²) in [5, 5.41) is 3.55. The first kappa shape index (κ1) is 14.4. The van der Waals surface area contributed by atoms with Crippen molar-refractivity contribution in [3.8, 4) is 5.75 Å². The van der Waals surface area contributed by atoms with Crippen LogP contribution in [0.3, 0.4) is 0 Å². The third-order valence-electron chi connectivity index (χ3n) is 3.96. The molecule has 1 saturated heterocycles. The van der Waals surface area contributed by atoms with Gasteiger partial charge in [0.25, 0.3) is 0 Å². The van der Waals surface area contributed by atoms with Crippen LogP contribution in [0.5, 0.6) is 5.75 Å². The van der Waals surface area contributed by atoms with Gasteiger partial charge < -0.3 is 10.1 Å². The SMILES string of the molecule is COc1ccccc1CNCC(C)N1CCCCC1. The molecule has 0 radical (unpaired) electrons. The lowest BCUT2D eigenvalue weighted by Crippen LogP contribution is -2.42. The lowest BCUT2D eigenvalue weighted by atomic mass is 10.1. The molecule has 1 aliphatic heterocycles. The van der Waals surface area contributed by atoms with E-state index in [1.165, 1.54) is 37.9 Å². The summed E-state index contributed by atoms with van der Waals surface area (Å²) in [5.41, 5.74) is 1.23. The highest BCUT2D eigenvalue weighted by Gasteiger charge is 2.16. The van der Waals surface area contributed by atoms with Crippen molar-refractivity contribution in [1.82, 2.24) is 10.2 Å². The van der Waals surface area contributed by atoms with E-state index in [9.17, 15) is 0 Å². The third-order valence-corrected chi connectivity index (χ3v) is 3.96. The maximum absolute atomic E-state index is 5.37. The van der Waals surface area contributed by atoms with E-state index < -0.39 is 0 Å². The zero-order chi connectivity index (χ0) is 13.5. The summed E-state index contributed by atoms with van der Waals surface area (Å²) in [6.07, 6.45) is 4.12. The van der Waals surface area contributed by atoms with Crippen LogP contribution >= 0.6 is 0 Å². The second-order valence-corrected chi connectivity index (χ2v) is 5.39. The van der Waals surface area contributed by atoms with Crippen LogP contribution in [0.4, 0.5) is 0 Å². The van der Waals surface area contributed by atoms with Crippen molar-refractivity contribution in [2.75, 3.05) is 26.7 Å². The van der Waals surface area contributed by atoms with Crippen molar-refractivity contribution in [2.45, 2.75) is 38.8 Å². The molecule has 1 aliphatic rings. The van der Waals surface area contributed by atoms with Crippen molar-refractivity contribution in [1.29, 1.82) is 0 Å². The average molecular weight is 262 g/mol. The van der Waals surface area contributed by atoms with Crippen LogP contribution in [0.15, 0.2) is 24.3 Å². The minimum atomic E-state index is 0.620. The molecule has 0 aliphatic carbocycles. The largest absolute Gasteiger partial charge is 0.496 e. The maximum atomic E-state index is 5.37. The van der Waals surface area contributed by atoms with Crippen molar-refractivity contribution >= 4 is 0 Å². The summed E-state index contributed by atoms with van der Waals surface area (Å²) in [6, 6.07) is 8.84. The van der Waals surface area contributed by atoms with Crippen LogP contribution in [0, 0.1) is 0 Å².